The van der Waals surface area contributed by atoms with Gasteiger partial charge in [-0.1, -0.05) is 5.16 Å². The molecule has 0 fully saturated rings. The first-order valence-electron chi connectivity index (χ1n) is 5.73. The monoisotopic (exact) mass is 298 g/mol. The van der Waals surface area contributed by atoms with Gasteiger partial charge in [0, 0.05) is 32.2 Å². The number of pyridine rings is 1. The van der Waals surface area contributed by atoms with E-state index < -0.39 is 10.0 Å². The van der Waals surface area contributed by atoms with E-state index in [1.54, 1.807) is 6.92 Å². The third kappa shape index (κ3) is 3.50. The molecule has 10 heteroatoms. The standard InChI is InChI=1S/C10H14N6O3S/c1-7-14-9(16-19-7)3-5-13-20(17,18)8-2-4-12-10(6-8)15-11/h2,4,6,13H,3,5,11H2,1H3,(H,12,15). The molecule has 2 rings (SSSR count). The van der Waals surface area contributed by atoms with Crippen LogP contribution in [0.2, 0.25) is 0 Å². The number of aryl methyl sites for hydroxylation is 1. The number of anilines is 1. The van der Waals surface area contributed by atoms with Gasteiger partial charge in [0.2, 0.25) is 15.9 Å². The van der Waals surface area contributed by atoms with Gasteiger partial charge in [0.05, 0.1) is 4.90 Å². The molecule has 0 aliphatic rings. The number of nitrogens with two attached hydrogens (primary N) is 1. The van der Waals surface area contributed by atoms with E-state index in [1.807, 2.05) is 0 Å². The van der Waals surface area contributed by atoms with Crippen LogP contribution in [0.4, 0.5) is 5.82 Å². The smallest absolute Gasteiger partial charge is 0.240 e. The van der Waals surface area contributed by atoms with E-state index in [0.29, 0.717) is 18.1 Å². The number of nitrogens with one attached hydrogen (secondary N) is 2. The van der Waals surface area contributed by atoms with Gasteiger partial charge in [0.25, 0.3) is 0 Å². The van der Waals surface area contributed by atoms with Crippen LogP contribution in [0.1, 0.15) is 11.7 Å². The highest BCUT2D eigenvalue weighted by Crippen LogP contribution is 2.11. The molecule has 0 saturated carbocycles. The maximum atomic E-state index is 12.0. The van der Waals surface area contributed by atoms with Gasteiger partial charge in [-0.05, 0) is 6.07 Å². The lowest BCUT2D eigenvalue weighted by Gasteiger charge is -2.06. The molecule has 0 bridgehead atoms. The Labute approximate surface area is 115 Å². The number of hydrogen-bond donors (Lipinski definition) is 3. The molecule has 0 amide bonds. The molecule has 0 aliphatic heterocycles. The maximum Gasteiger partial charge on any atom is 0.240 e. The van der Waals surface area contributed by atoms with Crippen molar-refractivity contribution < 1.29 is 12.9 Å². The number of nitrogen functional groups attached to an aromatic ring is 1. The fourth-order valence-corrected chi connectivity index (χ4v) is 2.52. The summed E-state index contributed by atoms with van der Waals surface area (Å²) in [5.74, 6) is 6.34. The lowest BCUT2D eigenvalue weighted by atomic mass is 10.4. The molecule has 2 heterocycles. The number of sulfonamides is 1. The number of hydrazine groups is 1. The van der Waals surface area contributed by atoms with Gasteiger partial charge in [-0.2, -0.15) is 4.98 Å². The van der Waals surface area contributed by atoms with Gasteiger partial charge in [-0.3, -0.25) is 0 Å². The van der Waals surface area contributed by atoms with E-state index in [9.17, 15) is 8.42 Å². The fourth-order valence-electron chi connectivity index (χ4n) is 1.48. The summed E-state index contributed by atoms with van der Waals surface area (Å²) in [6.07, 6.45) is 1.69. The molecule has 0 saturated heterocycles. The highest BCUT2D eigenvalue weighted by molar-refractivity contribution is 7.89. The summed E-state index contributed by atoms with van der Waals surface area (Å²) in [6.45, 7) is 1.83. The summed E-state index contributed by atoms with van der Waals surface area (Å²) in [6, 6.07) is 2.71. The van der Waals surface area contributed by atoms with E-state index in [1.165, 1.54) is 18.3 Å². The second-order valence-electron chi connectivity index (χ2n) is 3.90. The first-order valence-corrected chi connectivity index (χ1v) is 7.21. The zero-order valence-electron chi connectivity index (χ0n) is 10.7. The van der Waals surface area contributed by atoms with Crippen molar-refractivity contribution in [3.8, 4) is 0 Å². The molecule has 2 aromatic heterocycles. The summed E-state index contributed by atoms with van der Waals surface area (Å²) in [4.78, 5) is 7.90. The average molecular weight is 298 g/mol. The molecule has 4 N–H and O–H groups in total. The van der Waals surface area contributed by atoms with Crippen molar-refractivity contribution in [1.29, 1.82) is 0 Å². The third-order valence-electron chi connectivity index (χ3n) is 2.40. The number of hydrogen-bond acceptors (Lipinski definition) is 8. The van der Waals surface area contributed by atoms with Gasteiger partial charge < -0.3 is 9.95 Å². The summed E-state index contributed by atoms with van der Waals surface area (Å²) in [5, 5.41) is 3.68. The normalized spacial score (nSPS) is 11.5. The van der Waals surface area contributed by atoms with E-state index >= 15 is 0 Å². The predicted octanol–water partition coefficient (Wildman–Crippen LogP) is -0.420. The van der Waals surface area contributed by atoms with E-state index in [0.717, 1.165) is 0 Å². The van der Waals surface area contributed by atoms with Crippen LogP contribution in [0, 0.1) is 6.92 Å². The van der Waals surface area contributed by atoms with Crippen LogP contribution in [0.5, 0.6) is 0 Å². The van der Waals surface area contributed by atoms with Gasteiger partial charge in [0.15, 0.2) is 5.82 Å². The second kappa shape index (κ2) is 5.94. The van der Waals surface area contributed by atoms with Crippen molar-refractivity contribution in [2.24, 2.45) is 5.84 Å². The van der Waals surface area contributed by atoms with E-state index in [-0.39, 0.29) is 17.3 Å². The zero-order valence-corrected chi connectivity index (χ0v) is 11.5. The topological polar surface area (TPSA) is 136 Å². The minimum Gasteiger partial charge on any atom is -0.340 e. The minimum atomic E-state index is -3.63. The highest BCUT2D eigenvalue weighted by atomic mass is 32.2. The van der Waals surface area contributed by atoms with Gasteiger partial charge >= 0.3 is 0 Å². The summed E-state index contributed by atoms with van der Waals surface area (Å²) >= 11 is 0. The predicted molar refractivity (Wildman–Crippen MR) is 70.0 cm³/mol. The molecule has 0 spiro atoms. The Morgan fingerprint density at radius 3 is 2.90 bits per heavy atom. The van der Waals surface area contributed by atoms with Crippen LogP contribution in [-0.2, 0) is 16.4 Å². The van der Waals surface area contributed by atoms with E-state index in [4.69, 9.17) is 10.4 Å². The number of rotatable bonds is 6. The molecule has 0 aliphatic carbocycles. The van der Waals surface area contributed by atoms with Crippen LogP contribution in [0.3, 0.4) is 0 Å². The molecule has 20 heavy (non-hydrogen) atoms. The third-order valence-corrected chi connectivity index (χ3v) is 3.86. The van der Waals surface area contributed by atoms with Crippen LogP contribution in [0.25, 0.3) is 0 Å². The molecular weight excluding hydrogens is 284 g/mol. The first kappa shape index (κ1) is 14.4. The van der Waals surface area contributed by atoms with Crippen LogP contribution < -0.4 is 16.0 Å². The Kier molecular flexibility index (Phi) is 4.27. The Hall–Kier alpha value is -2.04. The molecule has 108 valence electrons. The van der Waals surface area contributed by atoms with Gasteiger partial charge in [-0.15, -0.1) is 0 Å². The number of aromatic nitrogens is 3. The van der Waals surface area contributed by atoms with Crippen molar-refractivity contribution in [2.45, 2.75) is 18.2 Å². The Morgan fingerprint density at radius 1 is 1.45 bits per heavy atom. The first-order chi connectivity index (χ1) is 9.51. The van der Waals surface area contributed by atoms with E-state index in [2.05, 4.69) is 25.3 Å². The molecule has 0 unspecified atom stereocenters. The molecule has 2 aromatic rings. The van der Waals surface area contributed by atoms with Crippen molar-refractivity contribution in [3.63, 3.8) is 0 Å². The Morgan fingerprint density at radius 2 is 2.25 bits per heavy atom. The van der Waals surface area contributed by atoms with Crippen molar-refractivity contribution in [3.05, 3.63) is 30.0 Å². The summed E-state index contributed by atoms with van der Waals surface area (Å²) in [5.41, 5.74) is 2.29. The largest absolute Gasteiger partial charge is 0.340 e. The van der Waals surface area contributed by atoms with Gasteiger partial charge in [0.1, 0.15) is 5.82 Å². The zero-order chi connectivity index (χ0) is 14.6. The van der Waals surface area contributed by atoms with Crippen LogP contribution in [-0.4, -0.2) is 30.1 Å². The maximum absolute atomic E-state index is 12.0. The minimum absolute atomic E-state index is 0.0738. The van der Waals surface area contributed by atoms with Crippen molar-refractivity contribution in [2.75, 3.05) is 12.0 Å². The van der Waals surface area contributed by atoms with Crippen LogP contribution >= 0.6 is 0 Å². The fraction of sp³-hybridized carbons (Fsp3) is 0.300. The molecule has 0 aromatic carbocycles. The lowest BCUT2D eigenvalue weighted by molar-refractivity contribution is 0.387. The average Bonchev–Trinajstić information content (AvgIpc) is 2.84. The Balaban J connectivity index is 2.00. The SMILES string of the molecule is Cc1nc(CCNS(=O)(=O)c2ccnc(NN)c2)no1. The van der Waals surface area contributed by atoms with Crippen molar-refractivity contribution >= 4 is 15.8 Å². The number of nitrogens with zero attached hydrogens (tertiary/aromatic N) is 3. The van der Waals surface area contributed by atoms with Crippen LogP contribution in [0.15, 0.2) is 27.7 Å². The summed E-state index contributed by atoms with van der Waals surface area (Å²) in [7, 11) is -3.63. The van der Waals surface area contributed by atoms with Gasteiger partial charge in [-0.25, -0.2) is 24.0 Å². The Bertz CT molecular complexity index is 684. The summed E-state index contributed by atoms with van der Waals surface area (Å²) < 4.78 is 31.3. The quantitative estimate of drug-likeness (QED) is 0.483. The molecular formula is C10H14N6O3S. The molecule has 0 atom stereocenters. The van der Waals surface area contributed by atoms with Crippen molar-refractivity contribution in [1.82, 2.24) is 19.8 Å². The highest BCUT2D eigenvalue weighted by Gasteiger charge is 2.14. The second-order valence-corrected chi connectivity index (χ2v) is 5.67. The molecule has 9 nitrogen and oxygen atoms in total. The lowest BCUT2D eigenvalue weighted by Crippen LogP contribution is -2.26. The molecule has 0 radical (unpaired) electrons.